The number of aryl methyl sites for hydroxylation is 1. The number of fused-ring (bicyclic) bond motifs is 1. The van der Waals surface area contributed by atoms with E-state index in [0.29, 0.717) is 44.1 Å². The van der Waals surface area contributed by atoms with Crippen molar-refractivity contribution in [3.8, 4) is 0 Å². The van der Waals surface area contributed by atoms with E-state index in [1.54, 1.807) is 4.52 Å². The fourth-order valence-corrected chi connectivity index (χ4v) is 4.49. The number of nitrogens with one attached hydrogen (secondary N) is 1. The first-order valence-electron chi connectivity index (χ1n) is 11.7. The molecule has 9 heteroatoms. The lowest BCUT2D eigenvalue weighted by atomic mass is 10.0. The van der Waals surface area contributed by atoms with E-state index in [1.807, 2.05) is 30.3 Å². The van der Waals surface area contributed by atoms with Gasteiger partial charge in [0.25, 0.3) is 0 Å². The van der Waals surface area contributed by atoms with Crippen LogP contribution in [-0.4, -0.2) is 64.4 Å². The number of aromatic nitrogens is 4. The van der Waals surface area contributed by atoms with Gasteiger partial charge >= 0.3 is 0 Å². The molecule has 1 atom stereocenters. The molecule has 4 heterocycles. The van der Waals surface area contributed by atoms with Crippen molar-refractivity contribution < 1.29 is 14.3 Å². The van der Waals surface area contributed by atoms with Gasteiger partial charge in [-0.1, -0.05) is 37.3 Å². The van der Waals surface area contributed by atoms with E-state index in [0.717, 1.165) is 31.7 Å². The van der Waals surface area contributed by atoms with Crippen LogP contribution in [0.4, 0.5) is 5.82 Å². The predicted molar refractivity (Wildman–Crippen MR) is 123 cm³/mol. The largest absolute Gasteiger partial charge is 0.355 e. The maximum atomic E-state index is 12.4. The number of carbonyl (C=O) groups excluding carboxylic acids is 1. The minimum absolute atomic E-state index is 0.00331. The second-order valence-corrected chi connectivity index (χ2v) is 8.79. The second kappa shape index (κ2) is 9.44. The molecular weight excluding hydrogens is 420 g/mol. The number of carbonyl (C=O) groups is 1. The van der Waals surface area contributed by atoms with Crippen molar-refractivity contribution in [1.82, 2.24) is 25.1 Å². The van der Waals surface area contributed by atoms with Gasteiger partial charge in [-0.05, 0) is 23.6 Å². The Bertz CT molecular complexity index is 1090. The Morgan fingerprint density at radius 3 is 2.61 bits per heavy atom. The van der Waals surface area contributed by atoms with Crippen molar-refractivity contribution in [3.05, 3.63) is 53.9 Å². The molecule has 0 radical (unpaired) electrons. The Hall–Kier alpha value is -3.04. The molecule has 2 aliphatic heterocycles. The average molecular weight is 451 g/mol. The van der Waals surface area contributed by atoms with Crippen LogP contribution in [0.25, 0.3) is 5.65 Å². The molecule has 1 N–H and O–H groups in total. The van der Waals surface area contributed by atoms with Crippen molar-refractivity contribution in [3.63, 3.8) is 0 Å². The molecule has 0 bridgehead atoms. The lowest BCUT2D eigenvalue weighted by Crippen LogP contribution is -2.45. The van der Waals surface area contributed by atoms with Gasteiger partial charge in [-0.25, -0.2) is 0 Å². The Labute approximate surface area is 193 Å². The van der Waals surface area contributed by atoms with Gasteiger partial charge < -0.3 is 19.7 Å². The van der Waals surface area contributed by atoms with Crippen molar-refractivity contribution in [2.24, 2.45) is 0 Å². The van der Waals surface area contributed by atoms with Gasteiger partial charge in [0, 0.05) is 45.3 Å². The van der Waals surface area contributed by atoms with Crippen LogP contribution in [0, 0.1) is 0 Å². The zero-order valence-corrected chi connectivity index (χ0v) is 18.9. The van der Waals surface area contributed by atoms with E-state index in [4.69, 9.17) is 14.6 Å². The monoisotopic (exact) mass is 450 g/mol. The summed E-state index contributed by atoms with van der Waals surface area (Å²) in [7, 11) is 0. The van der Waals surface area contributed by atoms with E-state index in [2.05, 4.69) is 39.5 Å². The van der Waals surface area contributed by atoms with Gasteiger partial charge in [0.15, 0.2) is 17.3 Å². The highest BCUT2D eigenvalue weighted by atomic mass is 16.7. The molecular formula is C24H30N6O3. The maximum Gasteiger partial charge on any atom is 0.220 e. The molecule has 174 valence electrons. The average Bonchev–Trinajstić information content (AvgIpc) is 3.49. The quantitative estimate of drug-likeness (QED) is 0.590. The molecule has 1 spiro atoms. The Morgan fingerprint density at radius 1 is 1.09 bits per heavy atom. The van der Waals surface area contributed by atoms with Crippen molar-refractivity contribution >= 4 is 17.4 Å². The zero-order chi connectivity index (χ0) is 22.7. The van der Waals surface area contributed by atoms with Crippen LogP contribution in [0.5, 0.6) is 0 Å². The minimum Gasteiger partial charge on any atom is -0.355 e. The van der Waals surface area contributed by atoms with Crippen LogP contribution in [-0.2, 0) is 20.7 Å². The summed E-state index contributed by atoms with van der Waals surface area (Å²) in [5.74, 6) is 1.42. The molecule has 0 aliphatic carbocycles. The van der Waals surface area contributed by atoms with E-state index in [1.165, 1.54) is 5.56 Å². The summed E-state index contributed by atoms with van der Waals surface area (Å²) in [5.41, 5.74) is 1.90. The third-order valence-electron chi connectivity index (χ3n) is 6.53. The Morgan fingerprint density at radius 2 is 1.85 bits per heavy atom. The summed E-state index contributed by atoms with van der Waals surface area (Å²) in [5, 5.41) is 16.3. The van der Waals surface area contributed by atoms with E-state index in [-0.39, 0.29) is 11.8 Å². The molecule has 2 aliphatic rings. The number of hydrogen-bond acceptors (Lipinski definition) is 7. The summed E-state index contributed by atoms with van der Waals surface area (Å²) < 4.78 is 13.4. The lowest BCUT2D eigenvalue weighted by Gasteiger charge is -2.38. The van der Waals surface area contributed by atoms with Gasteiger partial charge in [0.1, 0.15) is 5.82 Å². The first-order valence-corrected chi connectivity index (χ1v) is 11.7. The van der Waals surface area contributed by atoms with Crippen LogP contribution < -0.4 is 10.2 Å². The molecule has 5 rings (SSSR count). The molecule has 1 amide bonds. The molecule has 1 aromatic carbocycles. The summed E-state index contributed by atoms with van der Waals surface area (Å²) >= 11 is 0. The van der Waals surface area contributed by atoms with Gasteiger partial charge in [0.2, 0.25) is 5.91 Å². The first-order chi connectivity index (χ1) is 16.1. The predicted octanol–water partition coefficient (Wildman–Crippen LogP) is 2.32. The zero-order valence-electron chi connectivity index (χ0n) is 18.9. The van der Waals surface area contributed by atoms with E-state index < -0.39 is 5.79 Å². The van der Waals surface area contributed by atoms with Crippen LogP contribution >= 0.6 is 0 Å². The third-order valence-corrected chi connectivity index (χ3v) is 6.53. The fraction of sp³-hybridized carbons (Fsp3) is 0.500. The summed E-state index contributed by atoms with van der Waals surface area (Å²) in [6, 6.07) is 14.1. The van der Waals surface area contributed by atoms with Gasteiger partial charge in [-0.15, -0.1) is 15.3 Å². The summed E-state index contributed by atoms with van der Waals surface area (Å²) in [4.78, 5) is 14.7. The molecule has 2 fully saturated rings. The smallest absolute Gasteiger partial charge is 0.220 e. The van der Waals surface area contributed by atoms with Crippen molar-refractivity contribution in [2.45, 2.75) is 44.3 Å². The van der Waals surface area contributed by atoms with Crippen LogP contribution in [0.3, 0.4) is 0 Å². The second-order valence-electron chi connectivity index (χ2n) is 8.79. The Kier molecular flexibility index (Phi) is 6.24. The van der Waals surface area contributed by atoms with Crippen molar-refractivity contribution in [2.75, 3.05) is 37.7 Å². The molecule has 3 aromatic rings. The number of piperidine rings is 1. The first kappa shape index (κ1) is 21.8. The highest BCUT2D eigenvalue weighted by molar-refractivity contribution is 5.76. The van der Waals surface area contributed by atoms with Gasteiger partial charge in [-0.2, -0.15) is 4.52 Å². The Balaban J connectivity index is 1.17. The molecule has 0 unspecified atom stereocenters. The van der Waals surface area contributed by atoms with E-state index in [9.17, 15) is 4.79 Å². The number of amides is 1. The number of nitrogens with zero attached hydrogens (tertiary/aromatic N) is 5. The summed E-state index contributed by atoms with van der Waals surface area (Å²) in [6.45, 7) is 5.70. The third kappa shape index (κ3) is 4.84. The number of rotatable bonds is 7. The maximum absolute atomic E-state index is 12.4. The number of ether oxygens (including phenoxy) is 2. The van der Waals surface area contributed by atoms with E-state index >= 15 is 0 Å². The minimum atomic E-state index is -0.409. The number of hydrogen-bond donors (Lipinski definition) is 1. The highest BCUT2D eigenvalue weighted by Crippen LogP contribution is 2.32. The van der Waals surface area contributed by atoms with Gasteiger partial charge in [-0.3, -0.25) is 4.79 Å². The number of benzene rings is 1. The summed E-state index contributed by atoms with van der Waals surface area (Å²) in [6.07, 6.45) is 2.47. The topological polar surface area (TPSA) is 93.9 Å². The molecule has 0 saturated carbocycles. The van der Waals surface area contributed by atoms with Crippen LogP contribution in [0.1, 0.15) is 43.5 Å². The number of anilines is 1. The molecule has 9 nitrogen and oxygen atoms in total. The van der Waals surface area contributed by atoms with Crippen LogP contribution in [0.2, 0.25) is 0 Å². The SMILES string of the molecule is C[C@H](CNC(=O)CCc1nnc2ccc(N3CCC4(CC3)OCCO4)nn12)c1ccccc1. The molecule has 2 aromatic heterocycles. The van der Waals surface area contributed by atoms with Gasteiger partial charge in [0.05, 0.1) is 13.2 Å². The lowest BCUT2D eigenvalue weighted by molar-refractivity contribution is -0.169. The van der Waals surface area contributed by atoms with Crippen LogP contribution in [0.15, 0.2) is 42.5 Å². The van der Waals surface area contributed by atoms with Crippen molar-refractivity contribution in [1.29, 1.82) is 0 Å². The fourth-order valence-electron chi connectivity index (χ4n) is 4.49. The molecule has 33 heavy (non-hydrogen) atoms. The standard InChI is InChI=1S/C24H30N6O3/c1-18(19-5-3-2-4-6-19)17-25-23(31)10-9-21-27-26-20-7-8-22(28-30(20)21)29-13-11-24(12-14-29)32-15-16-33-24/h2-8,18H,9-17H2,1H3,(H,25,31)/t18-/m1/s1. The normalized spacial score (nSPS) is 18.6. The highest BCUT2D eigenvalue weighted by Gasteiger charge is 2.40. The molecule has 2 saturated heterocycles.